The lowest BCUT2D eigenvalue weighted by atomic mass is 10.3. The van der Waals surface area contributed by atoms with E-state index in [9.17, 15) is 10.1 Å². The fourth-order valence-corrected chi connectivity index (χ4v) is 1.30. The van der Waals surface area contributed by atoms with Crippen molar-refractivity contribution in [2.24, 2.45) is 5.84 Å². The van der Waals surface area contributed by atoms with Gasteiger partial charge in [0.1, 0.15) is 11.6 Å². The minimum atomic E-state index is -0.526. The molecule has 4 N–H and O–H groups in total. The summed E-state index contributed by atoms with van der Waals surface area (Å²) >= 11 is 0. The Balaban J connectivity index is 2.16. The summed E-state index contributed by atoms with van der Waals surface area (Å²) in [5.41, 5.74) is 2.15. The molecule has 0 aromatic carbocycles. The molecule has 2 heterocycles. The zero-order chi connectivity index (χ0) is 13.0. The van der Waals surface area contributed by atoms with Gasteiger partial charge in [-0.1, -0.05) is 5.16 Å². The van der Waals surface area contributed by atoms with E-state index in [4.69, 9.17) is 10.4 Å². The van der Waals surface area contributed by atoms with Gasteiger partial charge in [-0.3, -0.25) is 10.1 Å². The van der Waals surface area contributed by atoms with Gasteiger partial charge in [0.05, 0.1) is 29.8 Å². The van der Waals surface area contributed by atoms with Gasteiger partial charge in [-0.25, -0.2) is 10.8 Å². The number of hydrazine groups is 1. The number of nitrogens with one attached hydrogen (secondary N) is 2. The Morgan fingerprint density at radius 2 is 2.22 bits per heavy atom. The summed E-state index contributed by atoms with van der Waals surface area (Å²) in [5.74, 6) is 6.29. The quantitative estimate of drug-likeness (QED) is 0.404. The predicted octanol–water partition coefficient (Wildman–Crippen LogP) is 0.875. The van der Waals surface area contributed by atoms with Crippen LogP contribution in [0.2, 0.25) is 0 Å². The fourth-order valence-electron chi connectivity index (χ4n) is 1.30. The van der Waals surface area contributed by atoms with E-state index < -0.39 is 4.92 Å². The maximum Gasteiger partial charge on any atom is 0.276 e. The van der Waals surface area contributed by atoms with Crippen molar-refractivity contribution < 1.29 is 9.45 Å². The van der Waals surface area contributed by atoms with Gasteiger partial charge in [0.15, 0.2) is 5.76 Å². The first-order chi connectivity index (χ1) is 8.69. The van der Waals surface area contributed by atoms with E-state index in [1.165, 1.54) is 18.3 Å². The molecule has 0 radical (unpaired) electrons. The van der Waals surface area contributed by atoms with Crippen LogP contribution < -0.4 is 16.6 Å². The molecule has 0 unspecified atom stereocenters. The molecule has 9 nitrogen and oxygen atoms in total. The van der Waals surface area contributed by atoms with Crippen molar-refractivity contribution in [1.29, 1.82) is 0 Å². The first kappa shape index (κ1) is 11.8. The third-order valence-corrected chi connectivity index (χ3v) is 2.10. The SMILES string of the molecule is NNc1cc([N+](=O)[O-])cc(NCc2ccno2)n1. The highest BCUT2D eigenvalue weighted by Crippen LogP contribution is 2.20. The first-order valence-electron chi connectivity index (χ1n) is 4.95. The van der Waals surface area contributed by atoms with Crippen molar-refractivity contribution in [3.63, 3.8) is 0 Å². The van der Waals surface area contributed by atoms with Crippen molar-refractivity contribution in [3.8, 4) is 0 Å². The monoisotopic (exact) mass is 250 g/mol. The van der Waals surface area contributed by atoms with Crippen LogP contribution in [0.3, 0.4) is 0 Å². The molecule has 0 aliphatic heterocycles. The number of aromatic nitrogens is 2. The highest BCUT2D eigenvalue weighted by atomic mass is 16.6. The third-order valence-electron chi connectivity index (χ3n) is 2.10. The number of pyridine rings is 1. The zero-order valence-corrected chi connectivity index (χ0v) is 9.16. The molecule has 2 aromatic rings. The van der Waals surface area contributed by atoms with Crippen molar-refractivity contribution >= 4 is 17.3 Å². The molecular weight excluding hydrogens is 240 g/mol. The summed E-state index contributed by atoms with van der Waals surface area (Å²) in [6.07, 6.45) is 1.50. The Morgan fingerprint density at radius 1 is 1.44 bits per heavy atom. The largest absolute Gasteiger partial charge is 0.362 e. The van der Waals surface area contributed by atoms with Crippen LogP contribution in [-0.2, 0) is 6.54 Å². The van der Waals surface area contributed by atoms with Gasteiger partial charge in [0, 0.05) is 6.07 Å². The molecule has 0 bridgehead atoms. The number of anilines is 2. The summed E-state index contributed by atoms with van der Waals surface area (Å²) in [7, 11) is 0. The standard InChI is InChI=1S/C9H10N6O3/c10-14-9-4-6(15(16)17)3-8(13-9)11-5-7-1-2-12-18-7/h1-4H,5,10H2,(H2,11,13,14). The minimum Gasteiger partial charge on any atom is -0.362 e. The number of nitrogens with zero attached hydrogens (tertiary/aromatic N) is 3. The predicted molar refractivity (Wildman–Crippen MR) is 62.5 cm³/mol. The number of nitro groups is 1. The van der Waals surface area contributed by atoms with Gasteiger partial charge in [-0.15, -0.1) is 0 Å². The van der Waals surface area contributed by atoms with Gasteiger partial charge in [0.25, 0.3) is 5.69 Å². The van der Waals surface area contributed by atoms with E-state index in [0.717, 1.165) is 0 Å². The van der Waals surface area contributed by atoms with Crippen LogP contribution >= 0.6 is 0 Å². The third kappa shape index (κ3) is 2.71. The van der Waals surface area contributed by atoms with Crippen LogP contribution in [0, 0.1) is 10.1 Å². The van der Waals surface area contributed by atoms with Gasteiger partial charge in [-0.2, -0.15) is 0 Å². The van der Waals surface area contributed by atoms with Crippen LogP contribution in [0.4, 0.5) is 17.3 Å². The summed E-state index contributed by atoms with van der Waals surface area (Å²) in [5, 5.41) is 17.1. The molecule has 2 rings (SSSR count). The molecule has 18 heavy (non-hydrogen) atoms. The van der Waals surface area contributed by atoms with Crippen LogP contribution in [0.25, 0.3) is 0 Å². The summed E-state index contributed by atoms with van der Waals surface area (Å²) < 4.78 is 4.88. The number of nitrogens with two attached hydrogens (primary N) is 1. The molecule has 0 saturated carbocycles. The smallest absolute Gasteiger partial charge is 0.276 e. The number of hydrogen-bond acceptors (Lipinski definition) is 8. The maximum absolute atomic E-state index is 10.7. The topological polar surface area (TPSA) is 132 Å². The van der Waals surface area contributed by atoms with Gasteiger partial charge < -0.3 is 15.3 Å². The normalized spacial score (nSPS) is 10.1. The molecule has 9 heteroatoms. The maximum atomic E-state index is 10.7. The van der Waals surface area contributed by atoms with Crippen molar-refractivity contribution in [1.82, 2.24) is 10.1 Å². The van der Waals surface area contributed by atoms with E-state index in [1.54, 1.807) is 6.07 Å². The van der Waals surface area contributed by atoms with Crippen molar-refractivity contribution in [2.75, 3.05) is 10.7 Å². The first-order valence-corrected chi connectivity index (χ1v) is 4.95. The molecule has 0 saturated heterocycles. The molecule has 2 aromatic heterocycles. The van der Waals surface area contributed by atoms with E-state index in [0.29, 0.717) is 18.1 Å². The number of nitrogen functional groups attached to an aromatic ring is 1. The van der Waals surface area contributed by atoms with E-state index >= 15 is 0 Å². The molecule has 0 fully saturated rings. The molecule has 0 atom stereocenters. The summed E-state index contributed by atoms with van der Waals surface area (Å²) in [6, 6.07) is 4.21. The Hall–Kier alpha value is -2.68. The second-order valence-corrected chi connectivity index (χ2v) is 3.33. The lowest BCUT2D eigenvalue weighted by molar-refractivity contribution is -0.384. The molecular formula is C9H10N6O3. The average Bonchev–Trinajstić information content (AvgIpc) is 2.89. The molecule has 0 amide bonds. The Morgan fingerprint density at radius 3 is 2.83 bits per heavy atom. The molecule has 94 valence electrons. The number of hydrogen-bond donors (Lipinski definition) is 3. The Bertz CT molecular complexity index is 541. The summed E-state index contributed by atoms with van der Waals surface area (Å²) in [6.45, 7) is 0.318. The highest BCUT2D eigenvalue weighted by Gasteiger charge is 2.11. The summed E-state index contributed by atoms with van der Waals surface area (Å²) in [4.78, 5) is 14.2. The van der Waals surface area contributed by atoms with Gasteiger partial charge in [0.2, 0.25) is 0 Å². The average molecular weight is 250 g/mol. The highest BCUT2D eigenvalue weighted by molar-refractivity contribution is 5.54. The fraction of sp³-hybridized carbons (Fsp3) is 0.111. The van der Waals surface area contributed by atoms with Crippen LogP contribution in [0.5, 0.6) is 0 Å². The van der Waals surface area contributed by atoms with E-state index in [-0.39, 0.29) is 11.5 Å². The Labute approximate surface area is 101 Å². The lowest BCUT2D eigenvalue weighted by Crippen LogP contribution is -2.10. The Kier molecular flexibility index (Phi) is 3.34. The van der Waals surface area contributed by atoms with Gasteiger partial charge >= 0.3 is 0 Å². The zero-order valence-electron chi connectivity index (χ0n) is 9.16. The van der Waals surface area contributed by atoms with Crippen molar-refractivity contribution in [2.45, 2.75) is 6.54 Å². The number of rotatable bonds is 5. The molecule has 0 spiro atoms. The lowest BCUT2D eigenvalue weighted by Gasteiger charge is -2.05. The van der Waals surface area contributed by atoms with Crippen molar-refractivity contribution in [3.05, 3.63) is 40.3 Å². The molecule has 0 aliphatic carbocycles. The van der Waals surface area contributed by atoms with Crippen LogP contribution in [0.15, 0.2) is 28.9 Å². The van der Waals surface area contributed by atoms with Crippen LogP contribution in [-0.4, -0.2) is 15.1 Å². The second-order valence-electron chi connectivity index (χ2n) is 3.33. The second kappa shape index (κ2) is 5.10. The van der Waals surface area contributed by atoms with E-state index in [1.807, 2.05) is 0 Å². The van der Waals surface area contributed by atoms with Crippen LogP contribution in [0.1, 0.15) is 5.76 Å². The van der Waals surface area contributed by atoms with E-state index in [2.05, 4.69) is 20.9 Å². The minimum absolute atomic E-state index is 0.113. The van der Waals surface area contributed by atoms with Gasteiger partial charge in [-0.05, 0) is 0 Å². The molecule has 0 aliphatic rings.